The molecule has 1 aliphatic carbocycles. The number of H-pyrrole nitrogens is 1. The van der Waals surface area contributed by atoms with Crippen molar-refractivity contribution in [1.29, 1.82) is 0 Å². The molecule has 1 saturated carbocycles. The van der Waals surface area contributed by atoms with E-state index in [9.17, 15) is 8.42 Å². The first kappa shape index (κ1) is 17.6. The normalized spacial score (nSPS) is 18.0. The van der Waals surface area contributed by atoms with Gasteiger partial charge in [0.15, 0.2) is 11.5 Å². The lowest BCUT2D eigenvalue weighted by molar-refractivity contribution is 0.401. The van der Waals surface area contributed by atoms with Crippen molar-refractivity contribution in [2.24, 2.45) is 5.92 Å². The van der Waals surface area contributed by atoms with Gasteiger partial charge in [-0.2, -0.15) is 9.61 Å². The van der Waals surface area contributed by atoms with Crippen LogP contribution in [0.4, 0.5) is 5.82 Å². The van der Waals surface area contributed by atoms with Crippen molar-refractivity contribution < 1.29 is 8.42 Å². The van der Waals surface area contributed by atoms with Gasteiger partial charge in [0.05, 0.1) is 11.4 Å². The van der Waals surface area contributed by atoms with E-state index >= 15 is 0 Å². The van der Waals surface area contributed by atoms with Gasteiger partial charge in [0.25, 0.3) is 0 Å². The molecule has 0 amide bonds. The highest BCUT2D eigenvalue weighted by Crippen LogP contribution is 2.38. The second-order valence-corrected chi connectivity index (χ2v) is 9.38. The van der Waals surface area contributed by atoms with Gasteiger partial charge in [-0.05, 0) is 38.8 Å². The number of nitrogens with zero attached hydrogens (tertiary/aromatic N) is 6. The molecule has 11 heteroatoms. The van der Waals surface area contributed by atoms with Crippen LogP contribution in [0.15, 0.2) is 17.0 Å². The number of aryl methyl sites for hydroxylation is 2. The smallest absolute Gasteiger partial charge is 0.244 e. The molecular weight excluding hydrogens is 380 g/mol. The van der Waals surface area contributed by atoms with Crippen molar-refractivity contribution in [3.05, 3.63) is 29.3 Å². The second-order valence-electron chi connectivity index (χ2n) is 7.68. The molecule has 28 heavy (non-hydrogen) atoms. The van der Waals surface area contributed by atoms with E-state index in [0.29, 0.717) is 23.9 Å². The van der Waals surface area contributed by atoms with Crippen LogP contribution >= 0.6 is 0 Å². The van der Waals surface area contributed by atoms with Crippen LogP contribution < -0.4 is 9.62 Å². The number of aromatic nitrogens is 6. The standard InChI is InChI=1S/C17H22N8O2S/c1-10-16(11(2)20-19-10)28(26,27)18-7-12-8-24(9-12)15-6-5-14-21-22-17(13-3-4-13)25(14)23-15/h5-6,12-13,18H,3-4,7-9H2,1-2H3,(H,19,20). The van der Waals surface area contributed by atoms with Gasteiger partial charge in [-0.15, -0.1) is 15.3 Å². The van der Waals surface area contributed by atoms with Crippen molar-refractivity contribution in [2.75, 3.05) is 24.5 Å². The van der Waals surface area contributed by atoms with Crippen molar-refractivity contribution in [2.45, 2.75) is 37.5 Å². The van der Waals surface area contributed by atoms with Crippen molar-refractivity contribution >= 4 is 21.5 Å². The van der Waals surface area contributed by atoms with E-state index in [1.807, 2.05) is 16.6 Å². The van der Waals surface area contributed by atoms with E-state index in [4.69, 9.17) is 5.10 Å². The zero-order valence-electron chi connectivity index (χ0n) is 15.8. The number of nitrogens with one attached hydrogen (secondary N) is 2. The fraction of sp³-hybridized carbons (Fsp3) is 0.529. The second kappa shape index (κ2) is 6.24. The van der Waals surface area contributed by atoms with Crippen LogP contribution in [0.25, 0.3) is 5.65 Å². The number of hydrogen-bond donors (Lipinski definition) is 2. The van der Waals surface area contributed by atoms with Gasteiger partial charge >= 0.3 is 0 Å². The fourth-order valence-electron chi connectivity index (χ4n) is 3.68. The van der Waals surface area contributed by atoms with Crippen LogP contribution in [0.5, 0.6) is 0 Å². The van der Waals surface area contributed by atoms with E-state index in [0.717, 1.165) is 43.2 Å². The number of aromatic amines is 1. The lowest BCUT2D eigenvalue weighted by Crippen LogP contribution is -2.52. The molecule has 1 aliphatic heterocycles. The van der Waals surface area contributed by atoms with E-state index in [2.05, 4.69) is 30.0 Å². The highest BCUT2D eigenvalue weighted by Gasteiger charge is 2.32. The predicted octanol–water partition coefficient (Wildman–Crippen LogP) is 0.756. The van der Waals surface area contributed by atoms with Crippen LogP contribution in [0.2, 0.25) is 0 Å². The average Bonchev–Trinajstić information content (AvgIpc) is 3.28. The van der Waals surface area contributed by atoms with Crippen LogP contribution in [-0.4, -0.2) is 58.1 Å². The third kappa shape index (κ3) is 2.94. The summed E-state index contributed by atoms with van der Waals surface area (Å²) in [7, 11) is -3.56. The van der Waals surface area contributed by atoms with Crippen molar-refractivity contribution in [3.63, 3.8) is 0 Å². The number of rotatable bonds is 6. The summed E-state index contributed by atoms with van der Waals surface area (Å²) in [6.45, 7) is 5.30. The Kier molecular flexibility index (Phi) is 3.91. The molecule has 2 N–H and O–H groups in total. The van der Waals surface area contributed by atoms with Crippen LogP contribution in [0.1, 0.15) is 36.0 Å². The van der Waals surface area contributed by atoms with Crippen LogP contribution in [0, 0.1) is 19.8 Å². The first-order valence-electron chi connectivity index (χ1n) is 9.41. The molecule has 10 nitrogen and oxygen atoms in total. The van der Waals surface area contributed by atoms with Gasteiger partial charge in [0.1, 0.15) is 10.7 Å². The van der Waals surface area contributed by atoms with Gasteiger partial charge in [-0.1, -0.05) is 0 Å². The maximum atomic E-state index is 12.5. The fourth-order valence-corrected chi connectivity index (χ4v) is 5.17. The molecule has 0 spiro atoms. The molecule has 4 heterocycles. The maximum Gasteiger partial charge on any atom is 0.244 e. The summed E-state index contributed by atoms with van der Waals surface area (Å²) in [5.41, 5.74) is 1.80. The summed E-state index contributed by atoms with van der Waals surface area (Å²) >= 11 is 0. The Morgan fingerprint density at radius 3 is 2.68 bits per heavy atom. The minimum absolute atomic E-state index is 0.239. The first-order valence-corrected chi connectivity index (χ1v) is 10.9. The molecule has 0 atom stereocenters. The van der Waals surface area contributed by atoms with Gasteiger partial charge in [-0.25, -0.2) is 13.1 Å². The Hall–Kier alpha value is -2.53. The number of fused-ring (bicyclic) bond motifs is 1. The van der Waals surface area contributed by atoms with Gasteiger partial charge in [-0.3, -0.25) is 5.10 Å². The summed E-state index contributed by atoms with van der Waals surface area (Å²) in [5, 5.41) is 19.8. The largest absolute Gasteiger partial charge is 0.354 e. The molecule has 0 bridgehead atoms. The Labute approximate surface area is 162 Å². The van der Waals surface area contributed by atoms with E-state index in [1.165, 1.54) is 0 Å². The highest BCUT2D eigenvalue weighted by molar-refractivity contribution is 7.89. The molecule has 0 aromatic carbocycles. The highest BCUT2D eigenvalue weighted by atomic mass is 32.2. The summed E-state index contributed by atoms with van der Waals surface area (Å²) in [4.78, 5) is 2.39. The zero-order chi connectivity index (χ0) is 19.5. The Bertz CT molecular complexity index is 1120. The monoisotopic (exact) mass is 402 g/mol. The minimum atomic E-state index is -3.56. The van der Waals surface area contributed by atoms with E-state index in [-0.39, 0.29) is 10.8 Å². The average molecular weight is 402 g/mol. The molecule has 5 rings (SSSR count). The molecular formula is C17H22N8O2S. The first-order chi connectivity index (χ1) is 13.4. The number of anilines is 1. The quantitative estimate of drug-likeness (QED) is 0.624. The molecule has 3 aromatic rings. The molecule has 3 aromatic heterocycles. The molecule has 1 saturated heterocycles. The number of sulfonamides is 1. The minimum Gasteiger partial charge on any atom is -0.354 e. The maximum absolute atomic E-state index is 12.5. The molecule has 148 valence electrons. The van der Waals surface area contributed by atoms with Gasteiger partial charge < -0.3 is 4.90 Å². The topological polar surface area (TPSA) is 121 Å². The molecule has 0 radical (unpaired) electrons. The van der Waals surface area contributed by atoms with Crippen LogP contribution in [-0.2, 0) is 10.0 Å². The lowest BCUT2D eigenvalue weighted by Gasteiger charge is -2.40. The Morgan fingerprint density at radius 1 is 1.21 bits per heavy atom. The van der Waals surface area contributed by atoms with Crippen molar-refractivity contribution in [3.8, 4) is 0 Å². The summed E-state index contributed by atoms with van der Waals surface area (Å²) < 4.78 is 29.6. The lowest BCUT2D eigenvalue weighted by atomic mass is 10.0. The third-order valence-electron chi connectivity index (χ3n) is 5.39. The molecule has 2 fully saturated rings. The predicted molar refractivity (Wildman–Crippen MR) is 102 cm³/mol. The van der Waals surface area contributed by atoms with E-state index in [1.54, 1.807) is 13.8 Å². The van der Waals surface area contributed by atoms with Gasteiger partial charge in [0, 0.05) is 31.5 Å². The zero-order valence-corrected chi connectivity index (χ0v) is 16.6. The van der Waals surface area contributed by atoms with E-state index < -0.39 is 10.0 Å². The van der Waals surface area contributed by atoms with Gasteiger partial charge in [0.2, 0.25) is 10.0 Å². The van der Waals surface area contributed by atoms with Crippen LogP contribution in [0.3, 0.4) is 0 Å². The molecule has 2 aliphatic rings. The Morgan fingerprint density at radius 2 is 2.00 bits per heavy atom. The summed E-state index contributed by atoms with van der Waals surface area (Å²) in [5.74, 6) is 2.53. The summed E-state index contributed by atoms with van der Waals surface area (Å²) in [6, 6.07) is 3.88. The SMILES string of the molecule is Cc1n[nH]c(C)c1S(=O)(=O)NCC1CN(c2ccc3nnc(C4CC4)n3n2)C1. The summed E-state index contributed by atoms with van der Waals surface area (Å²) in [6.07, 6.45) is 2.29. The van der Waals surface area contributed by atoms with Crippen molar-refractivity contribution in [1.82, 2.24) is 34.7 Å². The molecule has 0 unspecified atom stereocenters. The number of hydrogen-bond acceptors (Lipinski definition) is 7. The Balaban J connectivity index is 1.23. The third-order valence-corrected chi connectivity index (χ3v) is 7.07.